The fourth-order valence-electron chi connectivity index (χ4n) is 8.05. The lowest BCUT2D eigenvalue weighted by Gasteiger charge is -2.24. The topological polar surface area (TPSA) is 169 Å². The highest BCUT2D eigenvalue weighted by atomic mass is 31.2. The number of hydrogen-bond acceptors (Lipinski definition) is 10. The van der Waals surface area contributed by atoms with Crippen molar-refractivity contribution in [3.8, 4) is 0 Å². The molecule has 1 rings (SSSR count). The number of rotatable bonds is 42. The van der Waals surface area contributed by atoms with Crippen LogP contribution in [0, 0.1) is 11.8 Å². The number of hydrogen-bond donors (Lipinski definition) is 4. The predicted molar refractivity (Wildman–Crippen MR) is 254 cm³/mol. The third kappa shape index (κ3) is 34.4. The maximum absolute atomic E-state index is 12.9. The quantitative estimate of drug-likeness (QED) is 0.0151. The molecule has 0 aromatic heterocycles. The summed E-state index contributed by atoms with van der Waals surface area (Å²) in [6.45, 7) is 3.97. The minimum absolute atomic E-state index is 0.0239. The molecular weight excluding hydrogens is 822 g/mol. The van der Waals surface area contributed by atoms with Gasteiger partial charge in [0.2, 0.25) is 0 Å². The first-order valence-electron chi connectivity index (χ1n) is 25.3. The van der Waals surface area contributed by atoms with Crippen LogP contribution in [0.15, 0.2) is 24.3 Å². The lowest BCUT2D eigenvalue weighted by Crippen LogP contribution is -2.37. The Morgan fingerprint density at radius 3 is 1.71 bits per heavy atom. The van der Waals surface area contributed by atoms with Crippen molar-refractivity contribution in [1.29, 1.82) is 0 Å². The Balaban J connectivity index is 2.41. The zero-order valence-electron chi connectivity index (χ0n) is 40.6. The van der Waals surface area contributed by atoms with Crippen molar-refractivity contribution in [2.45, 2.75) is 224 Å². The highest BCUT2D eigenvalue weighted by Crippen LogP contribution is 2.43. The Bertz CT molecular complexity index is 1240. The van der Waals surface area contributed by atoms with Gasteiger partial charge in [-0.3, -0.25) is 18.6 Å². The second-order valence-electron chi connectivity index (χ2n) is 19.2. The molecule has 63 heavy (non-hydrogen) atoms. The number of nitrogens with zero attached hydrogens (tertiary/aromatic N) is 1. The number of carbonyl (C=O) groups is 2. The number of ether oxygens (including phenoxy) is 2. The summed E-state index contributed by atoms with van der Waals surface area (Å²) in [7, 11) is 1.29. The van der Waals surface area contributed by atoms with Gasteiger partial charge in [0.1, 0.15) is 19.8 Å². The van der Waals surface area contributed by atoms with Gasteiger partial charge in [-0.1, -0.05) is 186 Å². The van der Waals surface area contributed by atoms with Crippen LogP contribution in [-0.2, 0) is 32.7 Å². The number of phosphoric acid groups is 1. The first kappa shape index (κ1) is 59.4. The van der Waals surface area contributed by atoms with E-state index in [1.165, 1.54) is 109 Å². The molecular formula is C50H95NO11P+. The Hall–Kier alpha value is -1.63. The van der Waals surface area contributed by atoms with Crippen LogP contribution in [0.1, 0.15) is 200 Å². The zero-order valence-corrected chi connectivity index (χ0v) is 41.5. The highest BCUT2D eigenvalue weighted by Gasteiger charge is 2.39. The molecule has 4 N–H and O–H groups in total. The molecule has 0 amide bonds. The number of likely N-dealkylation sites (N-methyl/N-ethyl adjacent to an activating group) is 1. The Labute approximate surface area is 384 Å². The zero-order chi connectivity index (χ0) is 46.6. The van der Waals surface area contributed by atoms with Gasteiger partial charge in [-0.2, -0.15) is 0 Å². The SMILES string of the molecule is CCCCCCCCCCCCCCCCCCCCCCCC(=O)OC[C@H](COP(=O)(O)OCC[N+](C)(C)C)OC(=O)C/C=C\C[C@H]1[C@@H](/C=C/[C@H](O)CCCCC)[C@H](O)C[C@@H]1O. The summed E-state index contributed by atoms with van der Waals surface area (Å²) in [5.41, 5.74) is 0. The molecule has 370 valence electrons. The number of carbonyl (C=O) groups excluding carboxylic acids is 2. The van der Waals surface area contributed by atoms with Crippen molar-refractivity contribution < 1.29 is 57.4 Å². The van der Waals surface area contributed by atoms with Crippen LogP contribution in [0.2, 0.25) is 0 Å². The van der Waals surface area contributed by atoms with E-state index in [1.54, 1.807) is 24.3 Å². The smallest absolute Gasteiger partial charge is 0.462 e. The Morgan fingerprint density at radius 1 is 0.683 bits per heavy atom. The average Bonchev–Trinajstić information content (AvgIpc) is 3.50. The maximum Gasteiger partial charge on any atom is 0.472 e. The van der Waals surface area contributed by atoms with Crippen LogP contribution in [0.5, 0.6) is 0 Å². The van der Waals surface area contributed by atoms with Gasteiger partial charge in [0.05, 0.1) is 52.5 Å². The molecule has 0 aliphatic heterocycles. The number of phosphoric ester groups is 1. The van der Waals surface area contributed by atoms with Crippen molar-refractivity contribution >= 4 is 19.8 Å². The average molecular weight is 917 g/mol. The maximum atomic E-state index is 12.9. The van der Waals surface area contributed by atoms with Gasteiger partial charge in [-0.05, 0) is 25.2 Å². The third-order valence-electron chi connectivity index (χ3n) is 12.1. The molecule has 0 aromatic rings. The Kier molecular flexibility index (Phi) is 35.3. The summed E-state index contributed by atoms with van der Waals surface area (Å²) in [6.07, 6.45) is 35.0. The molecule has 0 radical (unpaired) electrons. The van der Waals surface area contributed by atoms with E-state index in [0.717, 1.165) is 38.5 Å². The van der Waals surface area contributed by atoms with Gasteiger partial charge in [0, 0.05) is 18.8 Å². The summed E-state index contributed by atoms with van der Waals surface area (Å²) >= 11 is 0. The summed E-state index contributed by atoms with van der Waals surface area (Å²) in [6, 6.07) is 0. The van der Waals surface area contributed by atoms with Crippen molar-refractivity contribution in [2.75, 3.05) is 47.5 Å². The summed E-state index contributed by atoms with van der Waals surface area (Å²) < 4.78 is 34.3. The molecule has 0 bridgehead atoms. The second kappa shape index (κ2) is 37.5. The van der Waals surface area contributed by atoms with E-state index in [2.05, 4.69) is 13.8 Å². The lowest BCUT2D eigenvalue weighted by molar-refractivity contribution is -0.870. The van der Waals surface area contributed by atoms with E-state index >= 15 is 0 Å². The molecule has 0 heterocycles. The first-order valence-corrected chi connectivity index (χ1v) is 26.8. The largest absolute Gasteiger partial charge is 0.472 e. The van der Waals surface area contributed by atoms with Crippen LogP contribution in [0.25, 0.3) is 0 Å². The molecule has 1 unspecified atom stereocenters. The van der Waals surface area contributed by atoms with Gasteiger partial charge in [-0.15, -0.1) is 0 Å². The molecule has 1 aliphatic carbocycles. The first-order chi connectivity index (χ1) is 30.2. The fourth-order valence-corrected chi connectivity index (χ4v) is 8.79. The van der Waals surface area contributed by atoms with Crippen molar-refractivity contribution in [2.24, 2.45) is 11.8 Å². The summed E-state index contributed by atoms with van der Waals surface area (Å²) in [5.74, 6) is -1.71. The molecule has 12 nitrogen and oxygen atoms in total. The number of aliphatic hydroxyl groups is 3. The number of esters is 2. The monoisotopic (exact) mass is 917 g/mol. The molecule has 0 saturated heterocycles. The van der Waals surface area contributed by atoms with E-state index in [9.17, 15) is 34.4 Å². The van der Waals surface area contributed by atoms with Gasteiger partial charge < -0.3 is 34.2 Å². The number of quaternary nitrogens is 1. The minimum Gasteiger partial charge on any atom is -0.462 e. The van der Waals surface area contributed by atoms with E-state index < -0.39 is 50.8 Å². The molecule has 1 fully saturated rings. The second-order valence-corrected chi connectivity index (χ2v) is 20.7. The van der Waals surface area contributed by atoms with Gasteiger partial charge >= 0.3 is 19.8 Å². The Morgan fingerprint density at radius 2 is 1.19 bits per heavy atom. The summed E-state index contributed by atoms with van der Waals surface area (Å²) in [5, 5.41) is 31.5. The number of aliphatic hydroxyl groups excluding tert-OH is 3. The van der Waals surface area contributed by atoms with Gasteiger partial charge in [-0.25, -0.2) is 4.57 Å². The van der Waals surface area contributed by atoms with E-state index in [0.29, 0.717) is 30.3 Å². The lowest BCUT2D eigenvalue weighted by atomic mass is 9.89. The predicted octanol–water partition coefficient (Wildman–Crippen LogP) is 11.1. The fraction of sp³-hybridized carbons (Fsp3) is 0.880. The van der Waals surface area contributed by atoms with Crippen molar-refractivity contribution in [1.82, 2.24) is 0 Å². The molecule has 7 atom stereocenters. The van der Waals surface area contributed by atoms with Crippen LogP contribution >= 0.6 is 7.82 Å². The number of allylic oxidation sites excluding steroid dienone is 1. The molecule has 1 aliphatic rings. The van der Waals surface area contributed by atoms with Gasteiger partial charge in [0.15, 0.2) is 6.10 Å². The van der Waals surface area contributed by atoms with Crippen LogP contribution in [-0.4, -0.2) is 109 Å². The van der Waals surface area contributed by atoms with E-state index in [1.807, 2.05) is 21.1 Å². The van der Waals surface area contributed by atoms with E-state index in [4.69, 9.17) is 18.5 Å². The van der Waals surface area contributed by atoms with E-state index in [-0.39, 0.29) is 44.3 Å². The normalized spacial score (nSPS) is 20.1. The van der Waals surface area contributed by atoms with Crippen molar-refractivity contribution in [3.05, 3.63) is 24.3 Å². The number of unbranched alkanes of at least 4 members (excludes halogenated alkanes) is 22. The third-order valence-corrected chi connectivity index (χ3v) is 13.1. The minimum atomic E-state index is -4.47. The molecule has 0 aromatic carbocycles. The van der Waals surface area contributed by atoms with Crippen LogP contribution in [0.3, 0.4) is 0 Å². The van der Waals surface area contributed by atoms with Gasteiger partial charge in [0.25, 0.3) is 0 Å². The standard InChI is InChI=1S/C50H94NO11P/c1-6-8-10-11-12-13-14-15-16-17-18-19-20-21-22-23-24-25-26-27-29-34-49(55)59-41-44(42-61-63(57,58)60-39-38-51(3,4)5)62-50(56)35-31-30-33-45-46(48(54)40-47(45)53)37-36-43(52)32-28-9-7-2/h30-31,36-37,43-48,52-54H,6-29,32-35,38-42H2,1-5H3/p+1/b31-30-,37-36+/t43-,44-,45+,46-,47+,48-/m1/s1. The molecule has 13 heteroatoms. The molecule has 1 saturated carbocycles. The summed E-state index contributed by atoms with van der Waals surface area (Å²) in [4.78, 5) is 35.8. The van der Waals surface area contributed by atoms with Crippen molar-refractivity contribution in [3.63, 3.8) is 0 Å². The highest BCUT2D eigenvalue weighted by molar-refractivity contribution is 7.47. The van der Waals surface area contributed by atoms with Crippen LogP contribution < -0.4 is 0 Å². The molecule has 0 spiro atoms. The van der Waals surface area contributed by atoms with Crippen LogP contribution in [0.4, 0.5) is 0 Å².